The molecule has 7 heteroatoms. The van der Waals surface area contributed by atoms with E-state index < -0.39 is 0 Å². The van der Waals surface area contributed by atoms with E-state index >= 15 is 0 Å². The standard InChI is InChI=1S/C21H31N5S.HI/c1-4-22-21(23-13-20-24-16(2)17(3)27-20)25-19-11-8-12-26(15-19)14-18-9-6-5-7-10-18;/h5-7,9-10,19H,4,8,11-15H2,1-3H3,(H2,22,23,25);1H. The quantitative estimate of drug-likeness (QED) is 0.347. The van der Waals surface area contributed by atoms with Crippen LogP contribution in [0.3, 0.4) is 0 Å². The lowest BCUT2D eigenvalue weighted by atomic mass is 10.0. The summed E-state index contributed by atoms with van der Waals surface area (Å²) in [4.78, 5) is 13.2. The number of hydrogen-bond acceptors (Lipinski definition) is 4. The van der Waals surface area contributed by atoms with Crippen LogP contribution in [0.2, 0.25) is 0 Å². The van der Waals surface area contributed by atoms with Gasteiger partial charge in [-0.2, -0.15) is 0 Å². The molecule has 1 aromatic carbocycles. The summed E-state index contributed by atoms with van der Waals surface area (Å²) in [6.07, 6.45) is 2.40. The fraction of sp³-hybridized carbons (Fsp3) is 0.524. The third-order valence-corrected chi connectivity index (χ3v) is 5.94. The summed E-state index contributed by atoms with van der Waals surface area (Å²) in [6.45, 7) is 11.0. The molecule has 5 nitrogen and oxygen atoms in total. The molecule has 1 aliphatic heterocycles. The first kappa shape index (κ1) is 23.1. The molecule has 2 aromatic rings. The van der Waals surface area contributed by atoms with Crippen molar-refractivity contribution in [3.05, 3.63) is 51.5 Å². The molecule has 1 aromatic heterocycles. The number of likely N-dealkylation sites (tertiary alicyclic amines) is 1. The normalized spacial score (nSPS) is 17.8. The van der Waals surface area contributed by atoms with E-state index in [9.17, 15) is 0 Å². The van der Waals surface area contributed by atoms with Crippen molar-refractivity contribution in [2.75, 3.05) is 19.6 Å². The van der Waals surface area contributed by atoms with Crippen LogP contribution in [0.15, 0.2) is 35.3 Å². The smallest absolute Gasteiger partial charge is 0.191 e. The number of halogens is 1. The number of thiazole rings is 1. The van der Waals surface area contributed by atoms with Crippen molar-refractivity contribution in [3.63, 3.8) is 0 Å². The predicted molar refractivity (Wildman–Crippen MR) is 130 cm³/mol. The van der Waals surface area contributed by atoms with Gasteiger partial charge >= 0.3 is 0 Å². The Morgan fingerprint density at radius 3 is 2.75 bits per heavy atom. The average Bonchev–Trinajstić information content (AvgIpc) is 2.99. The van der Waals surface area contributed by atoms with E-state index in [2.05, 4.69) is 71.6 Å². The minimum Gasteiger partial charge on any atom is -0.357 e. The highest BCUT2D eigenvalue weighted by atomic mass is 127. The van der Waals surface area contributed by atoms with Gasteiger partial charge in [0.05, 0.1) is 12.2 Å². The van der Waals surface area contributed by atoms with Crippen LogP contribution in [0.4, 0.5) is 0 Å². The van der Waals surface area contributed by atoms with Gasteiger partial charge in [-0.3, -0.25) is 4.90 Å². The molecule has 28 heavy (non-hydrogen) atoms. The van der Waals surface area contributed by atoms with Crippen LogP contribution in [-0.2, 0) is 13.1 Å². The molecule has 2 N–H and O–H groups in total. The van der Waals surface area contributed by atoms with Gasteiger partial charge in [0.1, 0.15) is 5.01 Å². The maximum absolute atomic E-state index is 4.77. The van der Waals surface area contributed by atoms with Gasteiger partial charge in [-0.25, -0.2) is 9.98 Å². The molecule has 2 heterocycles. The molecule has 0 aliphatic carbocycles. The van der Waals surface area contributed by atoms with Crippen molar-refractivity contribution in [2.24, 2.45) is 4.99 Å². The molecule has 0 saturated carbocycles. The number of aromatic nitrogens is 1. The first-order chi connectivity index (χ1) is 13.1. The van der Waals surface area contributed by atoms with Crippen molar-refractivity contribution in [3.8, 4) is 0 Å². The minimum atomic E-state index is 0. The van der Waals surface area contributed by atoms with Crippen molar-refractivity contribution in [2.45, 2.75) is 52.7 Å². The van der Waals surface area contributed by atoms with Gasteiger partial charge in [0.2, 0.25) is 0 Å². The van der Waals surface area contributed by atoms with E-state index in [0.717, 1.165) is 36.3 Å². The van der Waals surface area contributed by atoms with Crippen molar-refractivity contribution >= 4 is 41.3 Å². The van der Waals surface area contributed by atoms with Crippen molar-refractivity contribution in [1.29, 1.82) is 0 Å². The second-order valence-electron chi connectivity index (χ2n) is 7.15. The largest absolute Gasteiger partial charge is 0.357 e. The summed E-state index contributed by atoms with van der Waals surface area (Å²) in [5.41, 5.74) is 2.50. The Morgan fingerprint density at radius 2 is 2.07 bits per heavy atom. The molecule has 0 radical (unpaired) electrons. The van der Waals surface area contributed by atoms with Gasteiger partial charge in [0, 0.05) is 30.6 Å². The van der Waals surface area contributed by atoms with Gasteiger partial charge in [-0.05, 0) is 45.7 Å². The zero-order valence-electron chi connectivity index (χ0n) is 17.1. The highest BCUT2D eigenvalue weighted by Gasteiger charge is 2.20. The summed E-state index contributed by atoms with van der Waals surface area (Å²) in [6, 6.07) is 11.2. The van der Waals surface area contributed by atoms with Crippen LogP contribution < -0.4 is 10.6 Å². The Balaban J connectivity index is 0.00000280. The van der Waals surface area contributed by atoms with Gasteiger partial charge in [-0.1, -0.05) is 30.3 Å². The fourth-order valence-corrected chi connectivity index (χ4v) is 4.28. The molecular formula is C21H32IN5S. The summed E-state index contributed by atoms with van der Waals surface area (Å²) in [5.74, 6) is 0.898. The maximum Gasteiger partial charge on any atom is 0.191 e. The summed E-state index contributed by atoms with van der Waals surface area (Å²) < 4.78 is 0. The number of piperidine rings is 1. The number of hydrogen-bond donors (Lipinski definition) is 2. The molecule has 154 valence electrons. The van der Waals surface area contributed by atoms with E-state index in [1.807, 2.05) is 0 Å². The maximum atomic E-state index is 4.77. The average molecular weight is 513 g/mol. The van der Waals surface area contributed by atoms with Crippen molar-refractivity contribution in [1.82, 2.24) is 20.5 Å². The van der Waals surface area contributed by atoms with E-state index in [-0.39, 0.29) is 24.0 Å². The molecule has 0 spiro atoms. The van der Waals surface area contributed by atoms with Crippen molar-refractivity contribution < 1.29 is 0 Å². The van der Waals surface area contributed by atoms with Crippen LogP contribution in [0, 0.1) is 13.8 Å². The molecule has 0 amide bonds. The Hall–Kier alpha value is -1.19. The van der Waals surface area contributed by atoms with Gasteiger partial charge in [0.15, 0.2) is 5.96 Å². The number of guanidine groups is 1. The third kappa shape index (κ3) is 7.00. The Labute approximate surface area is 190 Å². The molecule has 1 aliphatic rings. The van der Waals surface area contributed by atoms with Gasteiger partial charge in [0.25, 0.3) is 0 Å². The number of benzene rings is 1. The summed E-state index contributed by atoms with van der Waals surface area (Å²) in [5, 5.41) is 8.10. The number of nitrogens with one attached hydrogen (secondary N) is 2. The number of nitrogens with zero attached hydrogens (tertiary/aromatic N) is 3. The molecule has 1 saturated heterocycles. The second kappa shape index (κ2) is 11.7. The fourth-order valence-electron chi connectivity index (χ4n) is 3.43. The molecular weight excluding hydrogens is 481 g/mol. The van der Waals surface area contributed by atoms with Crippen LogP contribution in [0.5, 0.6) is 0 Å². The Morgan fingerprint density at radius 1 is 1.29 bits per heavy atom. The second-order valence-corrected chi connectivity index (χ2v) is 8.44. The number of aryl methyl sites for hydroxylation is 2. The first-order valence-corrected chi connectivity index (χ1v) is 10.7. The van der Waals surface area contributed by atoms with Crippen LogP contribution >= 0.6 is 35.3 Å². The zero-order valence-corrected chi connectivity index (χ0v) is 20.2. The predicted octanol–water partition coefficient (Wildman–Crippen LogP) is 4.10. The lowest BCUT2D eigenvalue weighted by Crippen LogP contribution is -2.50. The van der Waals surface area contributed by atoms with Crippen LogP contribution in [0.25, 0.3) is 0 Å². The molecule has 1 unspecified atom stereocenters. The van der Waals surface area contributed by atoms with E-state index in [4.69, 9.17) is 4.99 Å². The topological polar surface area (TPSA) is 52.6 Å². The Kier molecular flexibility index (Phi) is 9.67. The summed E-state index contributed by atoms with van der Waals surface area (Å²) >= 11 is 1.74. The lowest BCUT2D eigenvalue weighted by Gasteiger charge is -2.34. The zero-order chi connectivity index (χ0) is 19.1. The van der Waals surface area contributed by atoms with Crippen LogP contribution in [0.1, 0.15) is 40.9 Å². The Bertz CT molecular complexity index is 727. The van der Waals surface area contributed by atoms with E-state index in [1.54, 1.807) is 11.3 Å². The number of aliphatic imine (C=N–C) groups is 1. The van der Waals surface area contributed by atoms with Crippen LogP contribution in [-0.4, -0.2) is 41.5 Å². The van der Waals surface area contributed by atoms with E-state index in [1.165, 1.54) is 29.8 Å². The highest BCUT2D eigenvalue weighted by molar-refractivity contribution is 14.0. The SMILES string of the molecule is CCNC(=NCc1nc(C)c(C)s1)NC1CCCN(Cc2ccccc2)C1.I. The lowest BCUT2D eigenvalue weighted by molar-refractivity contribution is 0.192. The van der Waals surface area contributed by atoms with Gasteiger partial charge in [-0.15, -0.1) is 35.3 Å². The first-order valence-electron chi connectivity index (χ1n) is 9.88. The highest BCUT2D eigenvalue weighted by Crippen LogP contribution is 2.17. The molecule has 1 atom stereocenters. The molecule has 0 bridgehead atoms. The van der Waals surface area contributed by atoms with E-state index in [0.29, 0.717) is 12.6 Å². The third-order valence-electron chi connectivity index (χ3n) is 4.88. The molecule has 1 fully saturated rings. The number of rotatable bonds is 6. The molecule has 3 rings (SSSR count). The monoisotopic (exact) mass is 513 g/mol. The van der Waals surface area contributed by atoms with Gasteiger partial charge < -0.3 is 10.6 Å². The summed E-state index contributed by atoms with van der Waals surface area (Å²) in [7, 11) is 0. The minimum absolute atomic E-state index is 0.